The van der Waals surface area contributed by atoms with Crippen molar-refractivity contribution in [3.63, 3.8) is 0 Å². The zero-order valence-corrected chi connectivity index (χ0v) is 11.4. The molecular formula is C15H22O4. The van der Waals surface area contributed by atoms with Gasteiger partial charge < -0.3 is 9.84 Å². The maximum atomic E-state index is 11.2. The maximum absolute atomic E-state index is 11.2. The molecule has 0 spiro atoms. The second-order valence-electron chi connectivity index (χ2n) is 3.50. The Balaban J connectivity index is 0. The molecule has 0 aromatic heterocycles. The Bertz CT molecular complexity index is 340. The number of hydrogen-bond acceptors (Lipinski definition) is 3. The minimum absolute atomic E-state index is 0.299. The number of carboxylic acids is 1. The van der Waals surface area contributed by atoms with E-state index in [0.29, 0.717) is 18.6 Å². The monoisotopic (exact) mass is 266 g/mol. The molecule has 0 fully saturated rings. The fraction of sp³-hybridized carbons (Fsp3) is 0.333. The third kappa shape index (κ3) is 15.9. The number of carbonyl (C=O) groups excluding carboxylic acids is 1. The summed E-state index contributed by atoms with van der Waals surface area (Å²) in [5, 5.41) is 7.60. The number of rotatable bonds is 8. The fourth-order valence-electron chi connectivity index (χ4n) is 0.801. The van der Waals surface area contributed by atoms with Crippen LogP contribution < -0.4 is 0 Å². The van der Waals surface area contributed by atoms with Crippen molar-refractivity contribution in [1.82, 2.24) is 0 Å². The zero-order valence-electron chi connectivity index (χ0n) is 11.4. The summed E-state index contributed by atoms with van der Waals surface area (Å²) in [5.41, 5.74) is 0.485. The lowest BCUT2D eigenvalue weighted by molar-refractivity contribution is -0.139. The molecule has 0 heterocycles. The molecule has 0 aromatic carbocycles. The molecule has 0 aromatic rings. The topological polar surface area (TPSA) is 63.6 Å². The quantitative estimate of drug-likeness (QED) is 0.317. The molecule has 0 radical (unpaired) electrons. The van der Waals surface area contributed by atoms with E-state index in [-0.39, 0.29) is 5.97 Å². The standard InChI is InChI=1S/C12H18O2.C3H4O2/c1-4-6-8-9-11(3)12(13)14-10-7-5-2;1-2-3(4)5/h4,6,8H,1,3,5,7,9-10H2,2H3;2H,1H2,(H,4,5). The van der Waals surface area contributed by atoms with Crippen LogP contribution in [0.15, 0.2) is 49.6 Å². The van der Waals surface area contributed by atoms with E-state index in [1.807, 2.05) is 6.08 Å². The highest BCUT2D eigenvalue weighted by Gasteiger charge is 2.05. The number of carboxylic acid groups (broad SMARTS) is 1. The minimum Gasteiger partial charge on any atom is -0.478 e. The van der Waals surface area contributed by atoms with E-state index in [4.69, 9.17) is 9.84 Å². The molecule has 1 N–H and O–H groups in total. The Labute approximate surface area is 114 Å². The van der Waals surface area contributed by atoms with Crippen LogP contribution in [0, 0.1) is 0 Å². The van der Waals surface area contributed by atoms with Gasteiger partial charge in [0.15, 0.2) is 0 Å². The number of esters is 1. The normalized spacial score (nSPS) is 9.11. The molecule has 0 saturated heterocycles. The summed E-state index contributed by atoms with van der Waals surface area (Å²) in [4.78, 5) is 20.5. The van der Waals surface area contributed by atoms with Crippen LogP contribution in [0.1, 0.15) is 26.2 Å². The molecule has 19 heavy (non-hydrogen) atoms. The van der Waals surface area contributed by atoms with Gasteiger partial charge in [-0.25, -0.2) is 9.59 Å². The number of allylic oxidation sites excluding steroid dienone is 3. The van der Waals surface area contributed by atoms with Crippen LogP contribution in [0.4, 0.5) is 0 Å². The first-order valence-corrected chi connectivity index (χ1v) is 5.97. The molecular weight excluding hydrogens is 244 g/mol. The van der Waals surface area contributed by atoms with Crippen molar-refractivity contribution in [2.75, 3.05) is 6.61 Å². The molecule has 0 amide bonds. The van der Waals surface area contributed by atoms with Gasteiger partial charge in [0, 0.05) is 11.6 Å². The number of ether oxygens (including phenoxy) is 1. The Kier molecular flexibility index (Phi) is 14.1. The summed E-state index contributed by atoms with van der Waals surface area (Å²) in [5.74, 6) is -1.28. The van der Waals surface area contributed by atoms with E-state index >= 15 is 0 Å². The van der Waals surface area contributed by atoms with E-state index in [0.717, 1.165) is 18.9 Å². The number of aliphatic carboxylic acids is 1. The summed E-state index contributed by atoms with van der Waals surface area (Å²) in [7, 11) is 0. The van der Waals surface area contributed by atoms with Crippen molar-refractivity contribution in [2.24, 2.45) is 0 Å². The molecule has 0 aliphatic carbocycles. The van der Waals surface area contributed by atoms with Crippen molar-refractivity contribution < 1.29 is 19.4 Å². The van der Waals surface area contributed by atoms with Crippen LogP contribution in [-0.4, -0.2) is 23.7 Å². The average molecular weight is 266 g/mol. The highest BCUT2D eigenvalue weighted by molar-refractivity contribution is 5.87. The third-order valence-corrected chi connectivity index (χ3v) is 1.83. The first-order chi connectivity index (χ1) is 8.99. The molecule has 0 rings (SSSR count). The average Bonchev–Trinajstić information content (AvgIpc) is 2.39. The molecule has 0 aliphatic heterocycles. The van der Waals surface area contributed by atoms with Crippen LogP contribution >= 0.6 is 0 Å². The van der Waals surface area contributed by atoms with Crippen LogP contribution in [-0.2, 0) is 14.3 Å². The van der Waals surface area contributed by atoms with Gasteiger partial charge in [-0.15, -0.1) is 0 Å². The lowest BCUT2D eigenvalue weighted by Crippen LogP contribution is -2.07. The first kappa shape index (κ1) is 19.2. The van der Waals surface area contributed by atoms with Crippen molar-refractivity contribution in [3.05, 3.63) is 49.6 Å². The predicted molar refractivity (Wildman–Crippen MR) is 76.8 cm³/mol. The van der Waals surface area contributed by atoms with Gasteiger partial charge in [-0.1, -0.05) is 51.3 Å². The molecule has 4 nitrogen and oxygen atoms in total. The van der Waals surface area contributed by atoms with Crippen LogP contribution in [0.2, 0.25) is 0 Å². The van der Waals surface area contributed by atoms with Gasteiger partial charge in [-0.05, 0) is 12.8 Å². The van der Waals surface area contributed by atoms with E-state index in [9.17, 15) is 9.59 Å². The fourth-order valence-corrected chi connectivity index (χ4v) is 0.801. The molecule has 0 aliphatic rings. The summed E-state index contributed by atoms with van der Waals surface area (Å²) >= 11 is 0. The Morgan fingerprint density at radius 2 is 1.89 bits per heavy atom. The predicted octanol–water partition coefficient (Wildman–Crippen LogP) is 3.28. The largest absolute Gasteiger partial charge is 0.478 e. The summed E-state index contributed by atoms with van der Waals surface area (Å²) < 4.78 is 4.98. The molecule has 0 bridgehead atoms. The summed E-state index contributed by atoms with van der Waals surface area (Å²) in [6.45, 7) is 12.7. The number of hydrogen-bond donors (Lipinski definition) is 1. The molecule has 4 heteroatoms. The zero-order chi connectivity index (χ0) is 15.1. The Morgan fingerprint density at radius 3 is 2.32 bits per heavy atom. The van der Waals surface area contributed by atoms with Crippen LogP contribution in [0.5, 0.6) is 0 Å². The van der Waals surface area contributed by atoms with Gasteiger partial charge in [0.25, 0.3) is 0 Å². The minimum atomic E-state index is -0.981. The highest BCUT2D eigenvalue weighted by atomic mass is 16.5. The van der Waals surface area contributed by atoms with Crippen LogP contribution in [0.25, 0.3) is 0 Å². The number of carbonyl (C=O) groups is 2. The molecule has 106 valence electrons. The third-order valence-electron chi connectivity index (χ3n) is 1.83. The van der Waals surface area contributed by atoms with Crippen molar-refractivity contribution in [2.45, 2.75) is 26.2 Å². The second-order valence-corrected chi connectivity index (χ2v) is 3.50. The van der Waals surface area contributed by atoms with Gasteiger partial charge in [0.05, 0.1) is 6.61 Å². The van der Waals surface area contributed by atoms with Gasteiger partial charge in [-0.3, -0.25) is 0 Å². The van der Waals surface area contributed by atoms with Gasteiger partial charge in [0.2, 0.25) is 0 Å². The van der Waals surface area contributed by atoms with Gasteiger partial charge in [0.1, 0.15) is 0 Å². The Hall–Kier alpha value is -2.10. The first-order valence-electron chi connectivity index (χ1n) is 5.97. The van der Waals surface area contributed by atoms with Gasteiger partial charge in [-0.2, -0.15) is 0 Å². The lowest BCUT2D eigenvalue weighted by atomic mass is 10.2. The molecule has 0 saturated carbocycles. The van der Waals surface area contributed by atoms with Crippen molar-refractivity contribution in [3.8, 4) is 0 Å². The van der Waals surface area contributed by atoms with E-state index in [1.54, 1.807) is 12.2 Å². The van der Waals surface area contributed by atoms with Crippen LogP contribution in [0.3, 0.4) is 0 Å². The summed E-state index contributed by atoms with van der Waals surface area (Å²) in [6.07, 6.45) is 8.56. The Morgan fingerprint density at radius 1 is 1.32 bits per heavy atom. The summed E-state index contributed by atoms with van der Waals surface area (Å²) in [6, 6.07) is 0. The smallest absolute Gasteiger partial charge is 0.333 e. The lowest BCUT2D eigenvalue weighted by Gasteiger charge is -2.03. The van der Waals surface area contributed by atoms with Crippen molar-refractivity contribution in [1.29, 1.82) is 0 Å². The molecule has 0 unspecified atom stereocenters. The molecule has 0 atom stereocenters. The van der Waals surface area contributed by atoms with E-state index in [1.165, 1.54) is 0 Å². The van der Waals surface area contributed by atoms with Crippen molar-refractivity contribution >= 4 is 11.9 Å². The van der Waals surface area contributed by atoms with E-state index in [2.05, 4.69) is 26.7 Å². The SMILES string of the molecule is C=CC(=O)O.C=CC=CCC(=C)C(=O)OCCCC. The van der Waals surface area contributed by atoms with E-state index < -0.39 is 5.97 Å². The highest BCUT2D eigenvalue weighted by Crippen LogP contribution is 2.03. The second kappa shape index (κ2) is 14.0. The van der Waals surface area contributed by atoms with Gasteiger partial charge >= 0.3 is 11.9 Å². The number of unbranched alkanes of at least 4 members (excludes halogenated alkanes) is 1. The maximum Gasteiger partial charge on any atom is 0.333 e.